The van der Waals surface area contributed by atoms with Crippen molar-refractivity contribution in [3.05, 3.63) is 35.7 Å². The van der Waals surface area contributed by atoms with Crippen molar-refractivity contribution in [2.45, 2.75) is 25.5 Å². The molecule has 120 valence electrons. The summed E-state index contributed by atoms with van der Waals surface area (Å²) in [6, 6.07) is 3.88. The van der Waals surface area contributed by atoms with Crippen molar-refractivity contribution in [1.29, 1.82) is 0 Å². The molecule has 0 bridgehead atoms. The Kier molecular flexibility index (Phi) is 5.39. The van der Waals surface area contributed by atoms with Gasteiger partial charge < -0.3 is 15.4 Å². The van der Waals surface area contributed by atoms with E-state index in [4.69, 9.17) is 4.74 Å². The van der Waals surface area contributed by atoms with Crippen LogP contribution in [0.15, 0.2) is 24.5 Å². The van der Waals surface area contributed by atoms with Crippen molar-refractivity contribution in [1.82, 2.24) is 20.2 Å². The quantitative estimate of drug-likeness (QED) is 0.889. The van der Waals surface area contributed by atoms with Crippen LogP contribution in [0.25, 0.3) is 5.52 Å². The number of halogens is 1. The SMILES string of the molecule is CO[C@@H]1CCNC[C@@H]1NC(=O)c1cnn2cccc(C)c12.Cl. The maximum atomic E-state index is 12.6. The molecule has 0 spiro atoms. The Hall–Kier alpha value is -1.63. The maximum absolute atomic E-state index is 12.6. The summed E-state index contributed by atoms with van der Waals surface area (Å²) < 4.78 is 7.19. The monoisotopic (exact) mass is 324 g/mol. The molecule has 22 heavy (non-hydrogen) atoms. The molecule has 1 saturated heterocycles. The molecular weight excluding hydrogens is 304 g/mol. The highest BCUT2D eigenvalue weighted by Crippen LogP contribution is 2.16. The Morgan fingerprint density at radius 1 is 1.55 bits per heavy atom. The number of pyridine rings is 1. The summed E-state index contributed by atoms with van der Waals surface area (Å²) in [5.74, 6) is -0.102. The third-order valence-corrected chi connectivity index (χ3v) is 4.03. The summed E-state index contributed by atoms with van der Waals surface area (Å²) in [4.78, 5) is 12.6. The molecule has 0 aliphatic carbocycles. The molecule has 1 aliphatic heterocycles. The average Bonchev–Trinajstić information content (AvgIpc) is 2.93. The highest BCUT2D eigenvalue weighted by Gasteiger charge is 2.27. The third-order valence-electron chi connectivity index (χ3n) is 4.03. The van der Waals surface area contributed by atoms with Gasteiger partial charge in [-0.15, -0.1) is 12.4 Å². The van der Waals surface area contributed by atoms with Crippen molar-refractivity contribution in [2.24, 2.45) is 0 Å². The zero-order valence-electron chi connectivity index (χ0n) is 12.7. The van der Waals surface area contributed by atoms with Crippen LogP contribution in [0.1, 0.15) is 22.3 Å². The van der Waals surface area contributed by atoms with Gasteiger partial charge in [-0.2, -0.15) is 5.10 Å². The second-order valence-corrected chi connectivity index (χ2v) is 5.39. The fraction of sp³-hybridized carbons (Fsp3) is 0.467. The van der Waals surface area contributed by atoms with E-state index in [2.05, 4.69) is 15.7 Å². The lowest BCUT2D eigenvalue weighted by Gasteiger charge is -2.31. The topological polar surface area (TPSA) is 67.7 Å². The zero-order valence-corrected chi connectivity index (χ0v) is 13.5. The van der Waals surface area contributed by atoms with Gasteiger partial charge in [0.2, 0.25) is 0 Å². The Balaban J connectivity index is 0.00000176. The highest BCUT2D eigenvalue weighted by atomic mass is 35.5. The van der Waals surface area contributed by atoms with Crippen LogP contribution in [0.5, 0.6) is 0 Å². The van der Waals surface area contributed by atoms with Crippen LogP contribution in [0.4, 0.5) is 0 Å². The first kappa shape index (κ1) is 16.7. The molecule has 0 saturated carbocycles. The fourth-order valence-electron chi connectivity index (χ4n) is 2.89. The Morgan fingerprint density at radius 3 is 3.14 bits per heavy atom. The van der Waals surface area contributed by atoms with Gasteiger partial charge in [0.05, 0.1) is 29.4 Å². The zero-order chi connectivity index (χ0) is 14.8. The minimum atomic E-state index is -0.102. The number of aromatic nitrogens is 2. The van der Waals surface area contributed by atoms with Crippen LogP contribution in [0.2, 0.25) is 0 Å². The van der Waals surface area contributed by atoms with E-state index in [1.165, 1.54) is 0 Å². The number of fused-ring (bicyclic) bond motifs is 1. The number of carbonyl (C=O) groups is 1. The van der Waals surface area contributed by atoms with E-state index in [0.29, 0.717) is 5.56 Å². The largest absolute Gasteiger partial charge is 0.379 e. The molecule has 2 aromatic rings. The third kappa shape index (κ3) is 3.09. The van der Waals surface area contributed by atoms with Gasteiger partial charge in [0, 0.05) is 19.9 Å². The van der Waals surface area contributed by atoms with Crippen molar-refractivity contribution in [3.63, 3.8) is 0 Å². The molecule has 2 atom stereocenters. The number of nitrogens with one attached hydrogen (secondary N) is 2. The summed E-state index contributed by atoms with van der Waals surface area (Å²) >= 11 is 0. The number of hydrogen-bond donors (Lipinski definition) is 2. The van der Waals surface area contributed by atoms with E-state index in [9.17, 15) is 4.79 Å². The highest BCUT2D eigenvalue weighted by molar-refractivity contribution is 6.01. The summed E-state index contributed by atoms with van der Waals surface area (Å²) in [6.45, 7) is 3.62. The number of hydrogen-bond acceptors (Lipinski definition) is 4. The molecule has 2 aromatic heterocycles. The van der Waals surface area contributed by atoms with Crippen LogP contribution in [-0.2, 0) is 4.74 Å². The van der Waals surface area contributed by atoms with Crippen LogP contribution in [-0.4, -0.2) is 47.9 Å². The molecule has 3 heterocycles. The van der Waals surface area contributed by atoms with Gasteiger partial charge >= 0.3 is 0 Å². The van der Waals surface area contributed by atoms with E-state index in [0.717, 1.165) is 30.6 Å². The van der Waals surface area contributed by atoms with E-state index in [-0.39, 0.29) is 30.5 Å². The van der Waals surface area contributed by atoms with Crippen LogP contribution in [0, 0.1) is 6.92 Å². The number of methoxy groups -OCH3 is 1. The van der Waals surface area contributed by atoms with Crippen LogP contribution in [0.3, 0.4) is 0 Å². The first-order valence-corrected chi connectivity index (χ1v) is 7.18. The number of piperidine rings is 1. The fourth-order valence-corrected chi connectivity index (χ4v) is 2.89. The standard InChI is InChI=1S/C15H20N4O2.ClH/c1-10-4-3-7-19-14(10)11(8-17-19)15(20)18-12-9-16-6-5-13(12)21-2;/h3-4,7-8,12-13,16H,5-6,9H2,1-2H3,(H,18,20);1H/t12-,13+;/m0./s1. The first-order valence-electron chi connectivity index (χ1n) is 7.18. The molecule has 6 nitrogen and oxygen atoms in total. The summed E-state index contributed by atoms with van der Waals surface area (Å²) in [6.07, 6.45) is 4.42. The normalized spacial score (nSPS) is 21.4. The Bertz CT molecular complexity index is 658. The van der Waals surface area contributed by atoms with Gasteiger partial charge in [-0.05, 0) is 31.5 Å². The molecule has 1 aliphatic rings. The first-order chi connectivity index (χ1) is 10.2. The lowest BCUT2D eigenvalue weighted by Crippen LogP contribution is -2.54. The number of ether oxygens (including phenoxy) is 1. The van der Waals surface area contributed by atoms with Crippen molar-refractivity contribution in [2.75, 3.05) is 20.2 Å². The van der Waals surface area contributed by atoms with E-state index in [1.54, 1.807) is 17.8 Å². The lowest BCUT2D eigenvalue weighted by atomic mass is 10.0. The second-order valence-electron chi connectivity index (χ2n) is 5.39. The average molecular weight is 325 g/mol. The number of aryl methyl sites for hydroxylation is 1. The molecule has 0 unspecified atom stereocenters. The van der Waals surface area contributed by atoms with E-state index < -0.39 is 0 Å². The van der Waals surface area contributed by atoms with Crippen LogP contribution < -0.4 is 10.6 Å². The Labute approximate surface area is 135 Å². The van der Waals surface area contributed by atoms with Crippen LogP contribution >= 0.6 is 12.4 Å². The number of rotatable bonds is 3. The number of nitrogens with zero attached hydrogens (tertiary/aromatic N) is 2. The van der Waals surface area contributed by atoms with Gasteiger partial charge in [-0.25, -0.2) is 4.52 Å². The Morgan fingerprint density at radius 2 is 2.36 bits per heavy atom. The molecule has 1 amide bonds. The summed E-state index contributed by atoms with van der Waals surface area (Å²) in [5, 5.41) is 10.6. The lowest BCUT2D eigenvalue weighted by molar-refractivity contribution is 0.0448. The summed E-state index contributed by atoms with van der Waals surface area (Å²) in [7, 11) is 1.69. The molecule has 0 radical (unpaired) electrons. The molecule has 0 aromatic carbocycles. The molecule has 1 fully saturated rings. The van der Waals surface area contributed by atoms with Gasteiger partial charge in [0.15, 0.2) is 0 Å². The number of amides is 1. The second kappa shape index (κ2) is 7.09. The van der Waals surface area contributed by atoms with Gasteiger partial charge in [0.25, 0.3) is 5.91 Å². The molecule has 3 rings (SSSR count). The van der Waals surface area contributed by atoms with E-state index in [1.807, 2.05) is 25.3 Å². The van der Waals surface area contributed by atoms with Crippen molar-refractivity contribution in [3.8, 4) is 0 Å². The van der Waals surface area contributed by atoms with Gasteiger partial charge in [0.1, 0.15) is 0 Å². The minimum Gasteiger partial charge on any atom is -0.379 e. The molecule has 2 N–H and O–H groups in total. The molecule has 7 heteroatoms. The maximum Gasteiger partial charge on any atom is 0.255 e. The molecular formula is C15H21ClN4O2. The predicted molar refractivity (Wildman–Crippen MR) is 86.7 cm³/mol. The summed E-state index contributed by atoms with van der Waals surface area (Å²) in [5.41, 5.74) is 2.49. The number of carbonyl (C=O) groups excluding carboxylic acids is 1. The van der Waals surface area contributed by atoms with E-state index >= 15 is 0 Å². The smallest absolute Gasteiger partial charge is 0.255 e. The van der Waals surface area contributed by atoms with Gasteiger partial charge in [-0.3, -0.25) is 4.79 Å². The minimum absolute atomic E-state index is 0. The predicted octanol–water partition coefficient (Wildman–Crippen LogP) is 1.17. The van der Waals surface area contributed by atoms with Crippen molar-refractivity contribution >= 4 is 23.8 Å². The van der Waals surface area contributed by atoms with Gasteiger partial charge in [-0.1, -0.05) is 6.07 Å². The van der Waals surface area contributed by atoms with Crippen molar-refractivity contribution < 1.29 is 9.53 Å².